The number of ether oxygens (including phenoxy) is 1. The van der Waals surface area contributed by atoms with Crippen molar-refractivity contribution >= 4 is 158 Å². The molecule has 4 heterocycles. The second kappa shape index (κ2) is 42.1. The summed E-state index contributed by atoms with van der Waals surface area (Å²) in [5, 5.41) is 7.65. The predicted molar refractivity (Wildman–Crippen MR) is 602 cm³/mol. The van der Waals surface area contributed by atoms with Crippen molar-refractivity contribution in [2.24, 2.45) is 0 Å². The number of anilines is 16. The molecular formula is C132H98F3N9O5. The van der Waals surface area contributed by atoms with Crippen molar-refractivity contribution in [1.29, 1.82) is 0 Å². The van der Waals surface area contributed by atoms with Crippen molar-refractivity contribution in [1.82, 2.24) is 0 Å². The average Bonchev–Trinajstić information content (AvgIpc) is 1.60. The smallest absolute Gasteiger partial charge is 0.383 e. The Labute approximate surface area is 862 Å². The number of hydrogen-bond acceptors (Lipinski definition) is 9. The molecule has 0 atom stereocenters. The molecule has 0 unspecified atom stereocenters. The molecule has 0 aliphatic carbocycles. The van der Waals surface area contributed by atoms with Gasteiger partial charge in [0, 0.05) is 139 Å². The summed E-state index contributed by atoms with van der Waals surface area (Å²) in [7, 11) is 1.66. The van der Waals surface area contributed by atoms with Gasteiger partial charge in [-0.25, -0.2) is 6.57 Å². The zero-order valence-corrected chi connectivity index (χ0v) is 81.4. The Balaban J connectivity index is 0.000000112. The lowest BCUT2D eigenvalue weighted by molar-refractivity contribution is -0.118. The molecule has 0 fully saturated rings. The Morgan fingerprint density at radius 1 is 0.248 bits per heavy atom. The normalized spacial score (nSPS) is 12.4. The van der Waals surface area contributed by atoms with E-state index in [1.807, 2.05) is 197 Å². The monoisotopic (exact) mass is 1950 g/mol. The minimum absolute atomic E-state index is 0.0273. The first-order chi connectivity index (χ1) is 73.2. The second-order valence-corrected chi connectivity index (χ2v) is 36.7. The molecule has 4 aliphatic rings. The Morgan fingerprint density at radius 2 is 0.477 bits per heavy atom. The van der Waals surface area contributed by atoms with Gasteiger partial charge in [0.2, 0.25) is 6.54 Å². The Hall–Kier alpha value is -19.0. The summed E-state index contributed by atoms with van der Waals surface area (Å²) in [6.07, 6.45) is -3.81. The van der Waals surface area contributed by atoms with Gasteiger partial charge in [-0.1, -0.05) is 297 Å². The third-order valence-electron chi connectivity index (χ3n) is 27.7. The van der Waals surface area contributed by atoms with Crippen molar-refractivity contribution in [3.05, 3.63) is 531 Å². The van der Waals surface area contributed by atoms with Crippen LogP contribution in [0.1, 0.15) is 53.4 Å². The lowest BCUT2D eigenvalue weighted by Gasteiger charge is -2.25. The number of methoxy groups -OCH3 is 1. The van der Waals surface area contributed by atoms with Crippen molar-refractivity contribution in [2.45, 2.75) is 19.1 Å². The third kappa shape index (κ3) is 19.0. The van der Waals surface area contributed by atoms with Crippen LogP contribution in [-0.4, -0.2) is 69.7 Å². The van der Waals surface area contributed by atoms with Gasteiger partial charge in [-0.05, 0) is 266 Å². The van der Waals surface area contributed by atoms with Crippen molar-refractivity contribution in [3.63, 3.8) is 0 Å². The summed E-state index contributed by atoms with van der Waals surface area (Å²) in [4.78, 5) is 71.2. The number of benzene rings is 21. The van der Waals surface area contributed by atoms with Gasteiger partial charge in [0.05, 0.1) is 35.9 Å². The highest BCUT2D eigenvalue weighted by atomic mass is 19.4. The van der Waals surface area contributed by atoms with Crippen LogP contribution < -0.4 is 39.2 Å². The molecule has 21 aromatic rings. The van der Waals surface area contributed by atoms with E-state index < -0.39 is 18.6 Å². The number of carbonyl (C=O) groups is 4. The number of para-hydroxylation sites is 8. The molecule has 149 heavy (non-hydrogen) atoms. The topological polar surface area (TPSA) is 108 Å². The van der Waals surface area contributed by atoms with E-state index in [1.165, 1.54) is 0 Å². The van der Waals surface area contributed by atoms with Crippen LogP contribution in [0.4, 0.5) is 104 Å². The molecule has 0 saturated heterocycles. The summed E-state index contributed by atoms with van der Waals surface area (Å²) in [6, 6.07) is 166. The van der Waals surface area contributed by atoms with Crippen LogP contribution in [0.25, 0.3) is 92.4 Å². The van der Waals surface area contributed by atoms with Gasteiger partial charge in [0.1, 0.15) is 6.54 Å². The van der Waals surface area contributed by atoms with Crippen molar-refractivity contribution in [2.75, 3.05) is 79.1 Å². The van der Waals surface area contributed by atoms with Crippen LogP contribution in [0.15, 0.2) is 491 Å². The largest absolute Gasteiger partial charge is 0.406 e. The first-order valence-corrected chi connectivity index (χ1v) is 49.7. The number of amides is 4. The fraction of sp³-hybridized carbons (Fsp3) is 0.0682. The van der Waals surface area contributed by atoms with Crippen molar-refractivity contribution in [3.8, 4) is 44.5 Å². The zero-order chi connectivity index (χ0) is 101. The first-order valence-electron chi connectivity index (χ1n) is 49.7. The Kier molecular flexibility index (Phi) is 26.8. The van der Waals surface area contributed by atoms with E-state index in [0.717, 1.165) is 195 Å². The summed E-state index contributed by atoms with van der Waals surface area (Å²) in [5.41, 5.74) is 28.3. The van der Waals surface area contributed by atoms with Crippen LogP contribution >= 0.6 is 0 Å². The van der Waals surface area contributed by atoms with Gasteiger partial charge in [-0.2, -0.15) is 13.2 Å². The molecule has 4 amide bonds. The summed E-state index contributed by atoms with van der Waals surface area (Å²) >= 11 is 0. The van der Waals surface area contributed by atoms with Gasteiger partial charge >= 0.3 is 6.18 Å². The minimum atomic E-state index is -4.48. The lowest BCUT2D eigenvalue weighted by Crippen LogP contribution is -2.36. The maximum absolute atomic E-state index is 13.4. The molecule has 0 bridgehead atoms. The summed E-state index contributed by atoms with van der Waals surface area (Å²) < 4.78 is 44.8. The van der Waals surface area contributed by atoms with Gasteiger partial charge in [0.15, 0.2) is 0 Å². The number of rotatable bonds is 25. The highest BCUT2D eigenvalue weighted by Gasteiger charge is 2.41. The van der Waals surface area contributed by atoms with E-state index in [0.29, 0.717) is 55.8 Å². The van der Waals surface area contributed by atoms with E-state index in [2.05, 4.69) is 310 Å². The molecule has 722 valence electrons. The molecule has 21 aromatic carbocycles. The fourth-order valence-corrected chi connectivity index (χ4v) is 21.0. The molecule has 25 rings (SSSR count). The van der Waals surface area contributed by atoms with Gasteiger partial charge in [-0.3, -0.25) is 24.1 Å². The number of carbonyl (C=O) groups excluding carboxylic acids is 4. The molecule has 0 saturated carbocycles. The molecule has 4 aliphatic heterocycles. The second-order valence-electron chi connectivity index (χ2n) is 36.7. The molecule has 0 spiro atoms. The maximum atomic E-state index is 13.4. The van der Waals surface area contributed by atoms with E-state index in [4.69, 9.17) is 11.3 Å². The standard InChI is InChI=1S/C36H26N2O.C33H25N3O.C32H26N2O2.C31H21F3N2O/c39-36-33-18-10-17-32-31(23-24-34(35(32)33)37(36)25-26-11-4-1-5-12-26)27-19-21-30(22-20-27)38(28-13-6-2-7-14-28)29-15-8-3-9-16-29;1-34-22-9-23-35-31-21-20-28(29-14-8-15-30(32(29)31)33(35)37)24-16-18-27(19-17-24)36(25-10-4-2-5-11-25)26-12-6-3-7-13-26;1-36-22-21-33-30-20-19-27(28-13-8-14-29(31(28)30)32(33)35)23-15-17-26(18-16-23)34(24-9-4-2-5-10-24)25-11-6-3-7-12-25;32-31(33,34)20-35-28-19-18-25(26-12-7-13-27(29(26)28)30(35)37)21-14-16-24(17-15-21)36(22-8-3-1-4-9-22)23-10-5-2-6-11-23/h1-24H,25H2;2-8,10-21H,9,22-23H2;2-20H,21-22H2,1H3;1-19H,20H2. The average molecular weight is 1950 g/mol. The molecular weight excluding hydrogens is 1850 g/mol. The molecule has 0 N–H and O–H groups in total. The van der Waals surface area contributed by atoms with Gasteiger partial charge < -0.3 is 43.9 Å². The lowest BCUT2D eigenvalue weighted by atomic mass is 9.95. The summed E-state index contributed by atoms with van der Waals surface area (Å²) in [6.45, 7) is 8.34. The van der Waals surface area contributed by atoms with Crippen LogP contribution in [0.3, 0.4) is 0 Å². The van der Waals surface area contributed by atoms with Gasteiger partial charge in [-0.15, -0.1) is 0 Å². The molecule has 0 aromatic heterocycles. The number of halogens is 3. The third-order valence-corrected chi connectivity index (χ3v) is 27.7. The van der Waals surface area contributed by atoms with E-state index >= 15 is 0 Å². The Bertz CT molecular complexity index is 8380. The van der Waals surface area contributed by atoms with E-state index in [-0.39, 0.29) is 17.7 Å². The van der Waals surface area contributed by atoms with E-state index in [9.17, 15) is 32.3 Å². The zero-order valence-electron chi connectivity index (χ0n) is 81.4. The van der Waals surface area contributed by atoms with Crippen LogP contribution in [0.2, 0.25) is 0 Å². The summed E-state index contributed by atoms with van der Waals surface area (Å²) in [5.74, 6) is -0.485. The van der Waals surface area contributed by atoms with Crippen LogP contribution in [-0.2, 0) is 11.3 Å². The minimum Gasteiger partial charge on any atom is -0.383 e. The SMILES string of the molecule is COCCN1C(=O)c2cccc3c(-c4ccc(N(c5ccccc5)c5ccccc5)cc4)ccc1c23.O=C1c2cccc3c(-c4ccc(N(c5ccccc5)c5ccccc5)cc4)ccc(c23)N1CC(F)(F)F.O=C1c2cccc3c(-c4ccc(N(c5ccccc5)c5ccccc5)cc4)ccc(c23)N1Cc1ccccc1.[C-]#[N+]CCCN1C(=O)c2cccc3c(-c4ccc(N(c5ccccc5)c5ccccc5)cc4)ccc1c23. The number of alkyl halides is 3. The number of nitrogens with zero attached hydrogens (tertiary/aromatic N) is 9. The Morgan fingerprint density at radius 3 is 0.732 bits per heavy atom. The molecule has 17 heteroatoms. The highest BCUT2D eigenvalue weighted by molar-refractivity contribution is 6.30. The molecule has 0 radical (unpaired) electrons. The fourth-order valence-electron chi connectivity index (χ4n) is 21.0. The van der Waals surface area contributed by atoms with Crippen LogP contribution in [0, 0.1) is 6.57 Å². The van der Waals surface area contributed by atoms with Crippen LogP contribution in [0.5, 0.6) is 0 Å². The quantitative estimate of drug-likeness (QED) is 0.0408. The molecule has 14 nitrogen and oxygen atoms in total. The first kappa shape index (κ1) is 94.9. The van der Waals surface area contributed by atoms with Gasteiger partial charge in [0.25, 0.3) is 23.6 Å². The predicted octanol–water partition coefficient (Wildman–Crippen LogP) is 33.5. The maximum Gasteiger partial charge on any atom is 0.406 e. The number of hydrogen-bond donors (Lipinski definition) is 0. The van der Waals surface area contributed by atoms with E-state index in [1.54, 1.807) is 31.4 Å². The highest BCUT2D eigenvalue weighted by Crippen LogP contribution is 2.51. The van der Waals surface area contributed by atoms with Crippen molar-refractivity contribution < 1.29 is 37.1 Å².